The van der Waals surface area contributed by atoms with Gasteiger partial charge >= 0.3 is 0 Å². The van der Waals surface area contributed by atoms with Gasteiger partial charge in [0.05, 0.1) is 10.9 Å². The minimum absolute atomic E-state index is 0.0116. The predicted molar refractivity (Wildman–Crippen MR) is 123 cm³/mol. The third-order valence-corrected chi connectivity index (χ3v) is 6.30. The molecule has 0 spiro atoms. The van der Waals surface area contributed by atoms with Gasteiger partial charge in [-0.25, -0.2) is 0 Å². The molecule has 1 heterocycles. The first-order valence-electron chi connectivity index (χ1n) is 9.75. The molecule has 2 amide bonds. The highest BCUT2D eigenvalue weighted by Crippen LogP contribution is 2.29. The van der Waals surface area contributed by atoms with E-state index in [1.807, 2.05) is 86.8 Å². The number of carbonyl (C=O) groups excluding carboxylic acids is 2. The molecule has 4 rings (SSSR count). The third-order valence-electron chi connectivity index (χ3n) is 5.20. The highest BCUT2D eigenvalue weighted by atomic mass is 32.1. The SMILES string of the molecule is CC(c1cccc(NC(=O)c2ccccc2)c1)N(C)C(=O)c1cc2ccccc2s1. The molecule has 3 aromatic carbocycles. The monoisotopic (exact) mass is 414 g/mol. The minimum atomic E-state index is -0.157. The fourth-order valence-corrected chi connectivity index (χ4v) is 4.38. The number of thiophene rings is 1. The number of nitrogens with one attached hydrogen (secondary N) is 1. The van der Waals surface area contributed by atoms with E-state index in [2.05, 4.69) is 5.32 Å². The number of nitrogens with zero attached hydrogens (tertiary/aromatic N) is 1. The fraction of sp³-hybridized carbons (Fsp3) is 0.120. The average molecular weight is 415 g/mol. The van der Waals surface area contributed by atoms with Crippen LogP contribution in [0.5, 0.6) is 0 Å². The Morgan fingerprint density at radius 3 is 2.40 bits per heavy atom. The van der Waals surface area contributed by atoms with Gasteiger partial charge in [0.25, 0.3) is 11.8 Å². The first-order valence-corrected chi connectivity index (χ1v) is 10.6. The van der Waals surface area contributed by atoms with Crippen molar-refractivity contribution in [1.82, 2.24) is 4.90 Å². The summed E-state index contributed by atoms with van der Waals surface area (Å²) in [5, 5.41) is 4.01. The van der Waals surface area contributed by atoms with Crippen LogP contribution in [-0.4, -0.2) is 23.8 Å². The van der Waals surface area contributed by atoms with Crippen molar-refractivity contribution in [1.29, 1.82) is 0 Å². The lowest BCUT2D eigenvalue weighted by molar-refractivity contribution is 0.0747. The van der Waals surface area contributed by atoms with Gasteiger partial charge < -0.3 is 10.2 Å². The number of fused-ring (bicyclic) bond motifs is 1. The number of rotatable bonds is 5. The van der Waals surface area contributed by atoms with Gasteiger partial charge in [-0.2, -0.15) is 0 Å². The number of amides is 2. The fourth-order valence-electron chi connectivity index (χ4n) is 3.33. The van der Waals surface area contributed by atoms with Crippen LogP contribution in [0.15, 0.2) is 84.9 Å². The Kier molecular flexibility index (Phi) is 5.63. The van der Waals surface area contributed by atoms with E-state index in [0.29, 0.717) is 11.3 Å². The van der Waals surface area contributed by atoms with Gasteiger partial charge in [0.15, 0.2) is 0 Å². The third kappa shape index (κ3) is 4.11. The van der Waals surface area contributed by atoms with E-state index in [4.69, 9.17) is 0 Å². The molecule has 30 heavy (non-hydrogen) atoms. The van der Waals surface area contributed by atoms with Crippen molar-refractivity contribution in [3.63, 3.8) is 0 Å². The van der Waals surface area contributed by atoms with Gasteiger partial charge in [-0.15, -0.1) is 11.3 Å². The van der Waals surface area contributed by atoms with Crippen LogP contribution in [0.25, 0.3) is 10.1 Å². The van der Waals surface area contributed by atoms with Crippen LogP contribution in [0.4, 0.5) is 5.69 Å². The summed E-state index contributed by atoms with van der Waals surface area (Å²) < 4.78 is 1.10. The number of carbonyl (C=O) groups is 2. The van der Waals surface area contributed by atoms with E-state index in [1.165, 1.54) is 11.3 Å². The van der Waals surface area contributed by atoms with Crippen molar-refractivity contribution >= 4 is 38.9 Å². The largest absolute Gasteiger partial charge is 0.334 e. The molecule has 0 aliphatic heterocycles. The first kappa shape index (κ1) is 19.9. The zero-order valence-corrected chi connectivity index (χ0v) is 17.6. The average Bonchev–Trinajstić information content (AvgIpc) is 3.22. The Balaban J connectivity index is 1.51. The van der Waals surface area contributed by atoms with Crippen LogP contribution in [-0.2, 0) is 0 Å². The van der Waals surface area contributed by atoms with Gasteiger partial charge in [-0.1, -0.05) is 48.5 Å². The standard InChI is InChI=1S/C25H22N2O2S/c1-17(27(2)25(29)23-16-20-11-6-7-14-22(20)30-23)19-12-8-13-21(15-19)26-24(28)18-9-4-3-5-10-18/h3-17H,1-2H3,(H,26,28). The summed E-state index contributed by atoms with van der Waals surface area (Å²) >= 11 is 1.51. The summed E-state index contributed by atoms with van der Waals surface area (Å²) in [6.07, 6.45) is 0. The molecule has 0 fully saturated rings. The summed E-state index contributed by atoms with van der Waals surface area (Å²) in [4.78, 5) is 27.9. The summed E-state index contributed by atoms with van der Waals surface area (Å²) in [6, 6.07) is 26.5. The number of hydrogen-bond acceptors (Lipinski definition) is 3. The molecule has 5 heteroatoms. The smallest absolute Gasteiger partial charge is 0.264 e. The molecule has 4 aromatic rings. The van der Waals surface area contributed by atoms with Crippen molar-refractivity contribution in [3.8, 4) is 0 Å². The second-order valence-electron chi connectivity index (χ2n) is 7.19. The topological polar surface area (TPSA) is 49.4 Å². The van der Waals surface area contributed by atoms with Crippen LogP contribution in [0.2, 0.25) is 0 Å². The molecule has 0 radical (unpaired) electrons. The molecule has 0 bridgehead atoms. The molecule has 150 valence electrons. The molecule has 1 N–H and O–H groups in total. The van der Waals surface area contributed by atoms with E-state index in [9.17, 15) is 9.59 Å². The molecule has 0 aliphatic rings. The van der Waals surface area contributed by atoms with E-state index < -0.39 is 0 Å². The van der Waals surface area contributed by atoms with Crippen molar-refractivity contribution < 1.29 is 9.59 Å². The van der Waals surface area contributed by atoms with Crippen LogP contribution < -0.4 is 5.32 Å². The number of hydrogen-bond donors (Lipinski definition) is 1. The van der Waals surface area contributed by atoms with Crippen LogP contribution in [0.3, 0.4) is 0 Å². The van der Waals surface area contributed by atoms with Crippen molar-refractivity contribution in [2.45, 2.75) is 13.0 Å². The Hall–Kier alpha value is -3.44. The van der Waals surface area contributed by atoms with Gasteiger partial charge in [-0.05, 0) is 54.3 Å². The Morgan fingerprint density at radius 2 is 1.63 bits per heavy atom. The lowest BCUT2D eigenvalue weighted by Crippen LogP contribution is -2.29. The summed E-state index contributed by atoms with van der Waals surface area (Å²) in [6.45, 7) is 1.99. The lowest BCUT2D eigenvalue weighted by atomic mass is 10.1. The molecule has 4 nitrogen and oxygen atoms in total. The van der Waals surface area contributed by atoms with Gasteiger partial charge in [0.1, 0.15) is 0 Å². The summed E-state index contributed by atoms with van der Waals surface area (Å²) in [7, 11) is 1.81. The van der Waals surface area contributed by atoms with E-state index in [-0.39, 0.29) is 17.9 Å². The summed E-state index contributed by atoms with van der Waals surface area (Å²) in [5.41, 5.74) is 2.27. The maximum absolute atomic E-state index is 13.0. The second-order valence-corrected chi connectivity index (χ2v) is 8.27. The quantitative estimate of drug-likeness (QED) is 0.436. The van der Waals surface area contributed by atoms with Crippen molar-refractivity contribution in [3.05, 3.63) is 101 Å². The van der Waals surface area contributed by atoms with Crippen LogP contribution >= 0.6 is 11.3 Å². The normalized spacial score (nSPS) is 11.8. The maximum atomic E-state index is 13.0. The number of benzene rings is 3. The van der Waals surface area contributed by atoms with E-state index in [0.717, 1.165) is 20.5 Å². The van der Waals surface area contributed by atoms with Crippen LogP contribution in [0.1, 0.15) is 38.6 Å². The van der Waals surface area contributed by atoms with Crippen molar-refractivity contribution in [2.24, 2.45) is 0 Å². The second kappa shape index (κ2) is 8.51. The van der Waals surface area contributed by atoms with Crippen LogP contribution in [0, 0.1) is 0 Å². The molecular formula is C25H22N2O2S. The first-order chi connectivity index (χ1) is 14.5. The zero-order chi connectivity index (χ0) is 21.1. The molecular weight excluding hydrogens is 392 g/mol. The highest BCUT2D eigenvalue weighted by molar-refractivity contribution is 7.20. The van der Waals surface area contributed by atoms with E-state index >= 15 is 0 Å². The Morgan fingerprint density at radius 1 is 0.900 bits per heavy atom. The Bertz CT molecular complexity index is 1170. The predicted octanol–water partition coefficient (Wildman–Crippen LogP) is 5.99. The molecule has 0 saturated heterocycles. The minimum Gasteiger partial charge on any atom is -0.334 e. The molecule has 1 aromatic heterocycles. The lowest BCUT2D eigenvalue weighted by Gasteiger charge is -2.25. The molecule has 0 saturated carbocycles. The van der Waals surface area contributed by atoms with Gasteiger partial charge in [0, 0.05) is 23.0 Å². The molecule has 0 aliphatic carbocycles. The highest BCUT2D eigenvalue weighted by Gasteiger charge is 2.21. The van der Waals surface area contributed by atoms with E-state index in [1.54, 1.807) is 17.0 Å². The molecule has 1 unspecified atom stereocenters. The Labute approximate surface area is 179 Å². The van der Waals surface area contributed by atoms with Gasteiger partial charge in [0.2, 0.25) is 0 Å². The van der Waals surface area contributed by atoms with Gasteiger partial charge in [-0.3, -0.25) is 9.59 Å². The zero-order valence-electron chi connectivity index (χ0n) is 16.8. The number of anilines is 1. The molecule has 1 atom stereocenters. The maximum Gasteiger partial charge on any atom is 0.264 e. The van der Waals surface area contributed by atoms with Crippen molar-refractivity contribution in [2.75, 3.05) is 12.4 Å². The summed E-state index contributed by atoms with van der Waals surface area (Å²) in [5.74, 6) is -0.169.